The van der Waals surface area contributed by atoms with E-state index in [0.717, 1.165) is 25.6 Å². The molecule has 1 heterocycles. The Balaban J connectivity index is 2.42. The molecule has 1 saturated heterocycles. The summed E-state index contributed by atoms with van der Waals surface area (Å²) < 4.78 is 24.2. The minimum absolute atomic E-state index is 0.680. The lowest BCUT2D eigenvalue weighted by molar-refractivity contribution is 0.273. The summed E-state index contributed by atoms with van der Waals surface area (Å²) >= 11 is 0. The summed E-state index contributed by atoms with van der Waals surface area (Å²) in [4.78, 5) is 0. The molecule has 0 spiro atoms. The summed E-state index contributed by atoms with van der Waals surface area (Å²) in [6.45, 7) is 10.9. The molecule has 6 nitrogen and oxygen atoms in total. The third-order valence-corrected chi connectivity index (χ3v) is 16.9. The highest BCUT2D eigenvalue weighted by atomic mass is 28.5. The Morgan fingerprint density at radius 1 is 1.00 bits per heavy atom. The van der Waals surface area contributed by atoms with Crippen LogP contribution in [0.1, 0.15) is 6.42 Å². The lowest BCUT2D eigenvalue weighted by Crippen LogP contribution is -2.53. The van der Waals surface area contributed by atoms with E-state index < -0.39 is 36.4 Å². The zero-order chi connectivity index (χ0) is 14.3. The molecule has 1 aliphatic heterocycles. The average molecular weight is 341 g/mol. The molecule has 0 amide bonds. The normalized spacial score (nSPS) is 36.8. The third-order valence-electron chi connectivity index (χ3n) is 2.90. The molecule has 10 heteroatoms. The Morgan fingerprint density at radius 3 is 2.11 bits per heavy atom. The molecule has 2 unspecified atom stereocenters. The second-order valence-electron chi connectivity index (χ2n) is 4.99. The molecule has 0 saturated carbocycles. The molecule has 0 aromatic heterocycles. The molecule has 2 atom stereocenters. The van der Waals surface area contributed by atoms with Gasteiger partial charge in [0.1, 0.15) is 0 Å². The van der Waals surface area contributed by atoms with Crippen molar-refractivity contribution in [1.82, 2.24) is 5.32 Å². The molecule has 0 aromatic carbocycles. The van der Waals surface area contributed by atoms with Gasteiger partial charge >= 0.3 is 8.56 Å². The van der Waals surface area contributed by atoms with Crippen molar-refractivity contribution in [1.29, 1.82) is 0 Å². The first-order valence-electron chi connectivity index (χ1n) is 7.02. The highest BCUT2D eigenvalue weighted by Crippen LogP contribution is 2.21. The summed E-state index contributed by atoms with van der Waals surface area (Å²) in [6, 6.07) is 0.988. The summed E-state index contributed by atoms with van der Waals surface area (Å²) in [6.07, 6.45) is 1.05. The first-order valence-corrected chi connectivity index (χ1v) is 15.8. The summed E-state index contributed by atoms with van der Waals surface area (Å²) in [5, 5.41) is 3.30. The molecule has 1 fully saturated rings. The Labute approximate surface area is 122 Å². The monoisotopic (exact) mass is 340 g/mol. The van der Waals surface area contributed by atoms with E-state index in [9.17, 15) is 0 Å². The van der Waals surface area contributed by atoms with Gasteiger partial charge in [0.2, 0.25) is 0 Å². The summed E-state index contributed by atoms with van der Waals surface area (Å²) in [7, 11) is -6.80. The number of nitrogens with two attached hydrogens (primary N) is 1. The van der Waals surface area contributed by atoms with Crippen LogP contribution in [0.25, 0.3) is 0 Å². The molecule has 3 N–H and O–H groups in total. The van der Waals surface area contributed by atoms with Crippen molar-refractivity contribution in [2.45, 2.75) is 38.7 Å². The molecule has 1 aliphatic rings. The predicted octanol–water partition coefficient (Wildman–Crippen LogP) is -0.372. The second kappa shape index (κ2) is 8.81. The van der Waals surface area contributed by atoms with E-state index in [2.05, 4.69) is 31.5 Å². The molecule has 1 rings (SSSR count). The van der Waals surface area contributed by atoms with Gasteiger partial charge in [-0.25, -0.2) is 0 Å². The number of nitrogens with one attached hydrogen (secondary N) is 1. The highest BCUT2D eigenvalue weighted by Gasteiger charge is 2.38. The first kappa shape index (κ1) is 17.7. The smallest absolute Gasteiger partial charge is 0.317 e. The molecule has 0 aromatic rings. The Hall–Kier alpha value is 0.628. The van der Waals surface area contributed by atoms with Gasteiger partial charge in [-0.15, -0.1) is 0 Å². The maximum atomic E-state index is 6.20. The zero-order valence-corrected chi connectivity index (χ0v) is 16.9. The lowest BCUT2D eigenvalue weighted by atomic mass is 10.5. The fraction of sp³-hybridized carbons (Fsp3) is 1.00. The van der Waals surface area contributed by atoms with Gasteiger partial charge in [0.15, 0.2) is 0 Å². The van der Waals surface area contributed by atoms with Crippen LogP contribution in [0.3, 0.4) is 0 Å². The van der Waals surface area contributed by atoms with Gasteiger partial charge in [0, 0.05) is 13.1 Å². The van der Waals surface area contributed by atoms with Gasteiger partial charge < -0.3 is 27.5 Å². The van der Waals surface area contributed by atoms with Crippen molar-refractivity contribution >= 4 is 36.4 Å². The van der Waals surface area contributed by atoms with E-state index in [1.54, 1.807) is 0 Å². The minimum Gasteiger partial charge on any atom is -0.420 e. The SMILES string of the molecule is C[SiH]1O[SiH](C)O[Si](C)(CCCNCCN)O[SiH](C)O1. The van der Waals surface area contributed by atoms with Crippen LogP contribution in [0.2, 0.25) is 32.2 Å². The Kier molecular flexibility index (Phi) is 8.20. The van der Waals surface area contributed by atoms with Gasteiger partial charge in [0.25, 0.3) is 27.9 Å². The van der Waals surface area contributed by atoms with E-state index in [0.29, 0.717) is 6.54 Å². The molecular formula is C9H28N2O4Si4. The van der Waals surface area contributed by atoms with Crippen LogP contribution >= 0.6 is 0 Å². The van der Waals surface area contributed by atoms with Crippen LogP contribution in [0.4, 0.5) is 0 Å². The van der Waals surface area contributed by atoms with Gasteiger partial charge in [-0.1, -0.05) is 0 Å². The topological polar surface area (TPSA) is 75.0 Å². The van der Waals surface area contributed by atoms with Gasteiger partial charge in [0.05, 0.1) is 0 Å². The summed E-state index contributed by atoms with van der Waals surface area (Å²) in [5.74, 6) is 0. The molecule has 114 valence electrons. The predicted molar refractivity (Wildman–Crippen MR) is 86.3 cm³/mol. The van der Waals surface area contributed by atoms with Crippen LogP contribution < -0.4 is 11.1 Å². The third kappa shape index (κ3) is 7.26. The molecular weight excluding hydrogens is 312 g/mol. The quantitative estimate of drug-likeness (QED) is 0.507. The van der Waals surface area contributed by atoms with Crippen molar-refractivity contribution in [2.24, 2.45) is 5.73 Å². The van der Waals surface area contributed by atoms with Crippen LogP contribution in [0.5, 0.6) is 0 Å². The fourth-order valence-electron chi connectivity index (χ4n) is 2.24. The number of hydrogen-bond acceptors (Lipinski definition) is 6. The average Bonchev–Trinajstić information content (AvgIpc) is 2.25. The molecule has 0 aliphatic carbocycles. The van der Waals surface area contributed by atoms with E-state index in [4.69, 9.17) is 22.2 Å². The highest BCUT2D eigenvalue weighted by molar-refractivity contribution is 6.81. The fourth-order valence-corrected chi connectivity index (χ4v) is 16.9. The van der Waals surface area contributed by atoms with Gasteiger partial charge in [-0.2, -0.15) is 0 Å². The summed E-state index contributed by atoms with van der Waals surface area (Å²) in [5.41, 5.74) is 5.45. The zero-order valence-electron chi connectivity index (χ0n) is 12.5. The van der Waals surface area contributed by atoms with E-state index >= 15 is 0 Å². The van der Waals surface area contributed by atoms with E-state index in [-0.39, 0.29) is 0 Å². The van der Waals surface area contributed by atoms with Crippen molar-refractivity contribution < 1.29 is 16.5 Å². The maximum Gasteiger partial charge on any atom is 0.317 e. The van der Waals surface area contributed by atoms with Crippen LogP contribution in [0.15, 0.2) is 0 Å². The van der Waals surface area contributed by atoms with E-state index in [1.807, 2.05) is 0 Å². The second-order valence-corrected chi connectivity index (χ2v) is 15.2. The molecule has 0 radical (unpaired) electrons. The Morgan fingerprint density at radius 2 is 1.58 bits per heavy atom. The van der Waals surface area contributed by atoms with Crippen molar-refractivity contribution in [2.75, 3.05) is 19.6 Å². The van der Waals surface area contributed by atoms with Crippen molar-refractivity contribution in [3.05, 3.63) is 0 Å². The largest absolute Gasteiger partial charge is 0.420 e. The minimum atomic E-state index is -2.11. The lowest BCUT2D eigenvalue weighted by Gasteiger charge is -2.37. The Bertz CT molecular complexity index is 250. The van der Waals surface area contributed by atoms with Crippen LogP contribution in [-0.2, 0) is 16.5 Å². The van der Waals surface area contributed by atoms with Crippen molar-refractivity contribution in [3.8, 4) is 0 Å². The molecule has 0 bridgehead atoms. The standard InChI is InChI=1S/C9H28N2O4Si4/c1-16-12-17(2)14-19(4,15-18(3)13-16)9-5-7-11-8-6-10/h11,16-18H,5-10H2,1-4H3. The first-order chi connectivity index (χ1) is 8.95. The molecule has 19 heavy (non-hydrogen) atoms. The van der Waals surface area contributed by atoms with Crippen molar-refractivity contribution in [3.63, 3.8) is 0 Å². The van der Waals surface area contributed by atoms with Crippen LogP contribution in [-0.4, -0.2) is 56.0 Å². The maximum absolute atomic E-state index is 6.20. The number of hydrogen-bond donors (Lipinski definition) is 2. The van der Waals surface area contributed by atoms with Crippen LogP contribution in [0, 0.1) is 0 Å². The van der Waals surface area contributed by atoms with Gasteiger partial charge in [-0.05, 0) is 45.2 Å². The van der Waals surface area contributed by atoms with Gasteiger partial charge in [-0.3, -0.25) is 0 Å². The number of rotatable bonds is 6. The van der Waals surface area contributed by atoms with E-state index in [1.165, 1.54) is 0 Å².